The highest BCUT2D eigenvalue weighted by atomic mass is 32.1. The first-order chi connectivity index (χ1) is 15.5. The Morgan fingerprint density at radius 3 is 2.66 bits per heavy atom. The van der Waals surface area contributed by atoms with Gasteiger partial charge in [-0.2, -0.15) is 4.99 Å². The summed E-state index contributed by atoms with van der Waals surface area (Å²) in [7, 11) is 3.33. The second-order valence-corrected chi connectivity index (χ2v) is 8.02. The Morgan fingerprint density at radius 1 is 1.19 bits per heavy atom. The van der Waals surface area contributed by atoms with E-state index in [4.69, 9.17) is 4.74 Å². The monoisotopic (exact) mass is 454 g/mol. The van der Waals surface area contributed by atoms with Gasteiger partial charge in [-0.15, -0.1) is 11.3 Å². The van der Waals surface area contributed by atoms with Gasteiger partial charge in [0.15, 0.2) is 16.0 Å². The van der Waals surface area contributed by atoms with Gasteiger partial charge in [-0.1, -0.05) is 30.3 Å². The zero-order valence-corrected chi connectivity index (χ0v) is 18.5. The molecule has 0 aliphatic heterocycles. The summed E-state index contributed by atoms with van der Waals surface area (Å²) < 4.78 is 10.8. The normalized spacial score (nSPS) is 12.0. The predicted molar refractivity (Wildman–Crippen MR) is 120 cm³/mol. The van der Waals surface area contributed by atoms with Gasteiger partial charge >= 0.3 is 5.69 Å². The van der Waals surface area contributed by atoms with E-state index in [0.717, 1.165) is 10.1 Å². The van der Waals surface area contributed by atoms with Crippen LogP contribution in [-0.2, 0) is 36.2 Å². The molecule has 166 valence electrons. The van der Waals surface area contributed by atoms with Crippen LogP contribution in [0, 0.1) is 0 Å². The largest absolute Gasteiger partial charge is 0.383 e. The third-order valence-electron chi connectivity index (χ3n) is 4.98. The molecular formula is C21H22N6O4S. The van der Waals surface area contributed by atoms with Crippen LogP contribution in [0.15, 0.2) is 62.8 Å². The van der Waals surface area contributed by atoms with Gasteiger partial charge in [-0.25, -0.2) is 14.3 Å². The molecule has 1 aromatic carbocycles. The number of aromatic nitrogens is 5. The summed E-state index contributed by atoms with van der Waals surface area (Å²) in [5.41, 5.74) is 0.191. The molecule has 32 heavy (non-hydrogen) atoms. The standard InChI is InChI=1S/C21H22N6O4S/c1-24-9-11-32-20(24)23-16(28)13-27-19(29)17-18(22-14-25(17)8-10-31-2)26(21(27)30)12-15-6-4-3-5-7-15/h3-7,9,11,14H,8,10,12-13H2,1-2H3. The SMILES string of the molecule is COCCn1cnc2c1c(=O)n(CC(=O)N=c1sccn1C)c(=O)n2Cc1ccccc1. The lowest BCUT2D eigenvalue weighted by Gasteiger charge is -2.12. The molecule has 0 saturated heterocycles. The van der Waals surface area contributed by atoms with Crippen molar-refractivity contribution in [3.8, 4) is 0 Å². The number of ether oxygens (including phenoxy) is 1. The van der Waals surface area contributed by atoms with E-state index < -0.39 is 23.7 Å². The smallest absolute Gasteiger partial charge is 0.333 e. The maximum Gasteiger partial charge on any atom is 0.333 e. The number of benzene rings is 1. The minimum absolute atomic E-state index is 0.211. The van der Waals surface area contributed by atoms with Crippen LogP contribution < -0.4 is 16.1 Å². The first-order valence-corrected chi connectivity index (χ1v) is 10.8. The van der Waals surface area contributed by atoms with E-state index >= 15 is 0 Å². The van der Waals surface area contributed by atoms with Gasteiger partial charge in [0.1, 0.15) is 6.54 Å². The number of nitrogens with zero attached hydrogens (tertiary/aromatic N) is 6. The number of thiazole rings is 1. The van der Waals surface area contributed by atoms with E-state index in [0.29, 0.717) is 18.0 Å². The summed E-state index contributed by atoms with van der Waals surface area (Å²) in [6.45, 7) is 0.500. The molecule has 10 nitrogen and oxygen atoms in total. The van der Waals surface area contributed by atoms with Crippen molar-refractivity contribution in [2.45, 2.75) is 19.6 Å². The van der Waals surface area contributed by atoms with E-state index in [1.54, 1.807) is 34.9 Å². The number of imidazole rings is 1. The first-order valence-electron chi connectivity index (χ1n) is 9.88. The zero-order valence-electron chi connectivity index (χ0n) is 17.7. The number of aryl methyl sites for hydroxylation is 1. The summed E-state index contributed by atoms with van der Waals surface area (Å²) in [6.07, 6.45) is 3.28. The summed E-state index contributed by atoms with van der Waals surface area (Å²) in [4.78, 5) is 48.0. The second-order valence-electron chi connectivity index (χ2n) is 7.15. The Kier molecular flexibility index (Phi) is 6.28. The lowest BCUT2D eigenvalue weighted by molar-refractivity contribution is -0.118. The third-order valence-corrected chi connectivity index (χ3v) is 5.82. The maximum atomic E-state index is 13.3. The van der Waals surface area contributed by atoms with E-state index in [2.05, 4.69) is 9.98 Å². The Balaban J connectivity index is 1.85. The molecule has 4 rings (SSSR count). The van der Waals surface area contributed by atoms with Gasteiger partial charge in [0.2, 0.25) is 0 Å². The van der Waals surface area contributed by atoms with Crippen LogP contribution in [0.25, 0.3) is 11.2 Å². The van der Waals surface area contributed by atoms with Crippen LogP contribution in [0.5, 0.6) is 0 Å². The van der Waals surface area contributed by atoms with Gasteiger partial charge < -0.3 is 13.9 Å². The number of methoxy groups -OCH3 is 1. The molecule has 0 bridgehead atoms. The van der Waals surface area contributed by atoms with Gasteiger partial charge in [0, 0.05) is 32.3 Å². The molecule has 11 heteroatoms. The van der Waals surface area contributed by atoms with E-state index in [9.17, 15) is 14.4 Å². The number of amides is 1. The predicted octanol–water partition coefficient (Wildman–Crippen LogP) is 0.582. The number of carbonyl (C=O) groups is 1. The number of hydrogen-bond donors (Lipinski definition) is 0. The highest BCUT2D eigenvalue weighted by molar-refractivity contribution is 7.07. The van der Waals surface area contributed by atoms with Crippen molar-refractivity contribution in [2.75, 3.05) is 13.7 Å². The molecule has 0 aliphatic carbocycles. The average molecular weight is 455 g/mol. The van der Waals surface area contributed by atoms with Crippen molar-refractivity contribution in [1.29, 1.82) is 0 Å². The van der Waals surface area contributed by atoms with Crippen LogP contribution in [-0.4, -0.2) is 42.9 Å². The van der Waals surface area contributed by atoms with Gasteiger partial charge in [0.05, 0.1) is 19.5 Å². The number of fused-ring (bicyclic) bond motifs is 1. The van der Waals surface area contributed by atoms with Crippen molar-refractivity contribution in [2.24, 2.45) is 12.0 Å². The fraction of sp³-hybridized carbons (Fsp3) is 0.286. The molecule has 0 N–H and O–H groups in total. The average Bonchev–Trinajstić information content (AvgIpc) is 3.39. The molecule has 3 heterocycles. The van der Waals surface area contributed by atoms with Crippen molar-refractivity contribution in [3.05, 3.63) is 79.4 Å². The quantitative estimate of drug-likeness (QED) is 0.406. The fourth-order valence-corrected chi connectivity index (χ4v) is 4.10. The Bertz CT molecular complexity index is 1440. The van der Waals surface area contributed by atoms with Gasteiger partial charge in [0.25, 0.3) is 11.5 Å². The molecule has 0 atom stereocenters. The van der Waals surface area contributed by atoms with E-state index in [-0.39, 0.29) is 17.7 Å². The highest BCUT2D eigenvalue weighted by Crippen LogP contribution is 2.10. The van der Waals surface area contributed by atoms with Crippen molar-refractivity contribution in [3.63, 3.8) is 0 Å². The van der Waals surface area contributed by atoms with Crippen LogP contribution in [0.3, 0.4) is 0 Å². The molecule has 4 aromatic rings. The molecule has 3 aromatic heterocycles. The Hall–Kier alpha value is -3.57. The maximum absolute atomic E-state index is 13.3. The van der Waals surface area contributed by atoms with Gasteiger partial charge in [-0.3, -0.25) is 14.2 Å². The topological polar surface area (TPSA) is 105 Å². The molecule has 0 unspecified atom stereocenters. The van der Waals surface area contributed by atoms with Crippen molar-refractivity contribution < 1.29 is 9.53 Å². The van der Waals surface area contributed by atoms with Crippen LogP contribution in [0.2, 0.25) is 0 Å². The zero-order chi connectivity index (χ0) is 22.7. The fourth-order valence-electron chi connectivity index (χ4n) is 3.36. The Morgan fingerprint density at radius 2 is 1.97 bits per heavy atom. The number of hydrogen-bond acceptors (Lipinski definition) is 6. The molecule has 0 saturated carbocycles. The lowest BCUT2D eigenvalue weighted by atomic mass is 10.2. The highest BCUT2D eigenvalue weighted by Gasteiger charge is 2.20. The van der Waals surface area contributed by atoms with Crippen LogP contribution in [0.1, 0.15) is 5.56 Å². The summed E-state index contributed by atoms with van der Waals surface area (Å²) >= 11 is 1.29. The summed E-state index contributed by atoms with van der Waals surface area (Å²) in [6, 6.07) is 9.38. The number of carbonyl (C=O) groups excluding carboxylic acids is 1. The molecule has 0 radical (unpaired) electrons. The lowest BCUT2D eigenvalue weighted by Crippen LogP contribution is -2.42. The third kappa shape index (κ3) is 4.25. The molecule has 1 amide bonds. The molecule has 0 fully saturated rings. The second kappa shape index (κ2) is 9.28. The molecule has 0 aliphatic rings. The minimum atomic E-state index is -0.609. The van der Waals surface area contributed by atoms with Gasteiger partial charge in [-0.05, 0) is 5.56 Å². The van der Waals surface area contributed by atoms with Crippen LogP contribution in [0.4, 0.5) is 0 Å². The van der Waals surface area contributed by atoms with Crippen LogP contribution >= 0.6 is 11.3 Å². The van der Waals surface area contributed by atoms with Crippen molar-refractivity contribution >= 4 is 28.4 Å². The van der Waals surface area contributed by atoms with E-state index in [1.807, 2.05) is 30.3 Å². The minimum Gasteiger partial charge on any atom is -0.383 e. The van der Waals surface area contributed by atoms with Crippen molar-refractivity contribution in [1.82, 2.24) is 23.3 Å². The van der Waals surface area contributed by atoms with E-state index in [1.165, 1.54) is 22.2 Å². The summed E-state index contributed by atoms with van der Waals surface area (Å²) in [5, 5.41) is 1.80. The molecule has 0 spiro atoms. The Labute approximate surface area is 186 Å². The first kappa shape index (κ1) is 21.7. The molecular weight excluding hydrogens is 432 g/mol. The number of rotatable bonds is 7. The summed E-state index contributed by atoms with van der Waals surface area (Å²) in [5.74, 6) is -0.587.